The van der Waals surface area contributed by atoms with Crippen molar-refractivity contribution in [1.82, 2.24) is 0 Å². The number of Topliss-reactive ketones (excluding diaryl/α,β-unsaturated/α-hetero) is 1. The third-order valence-corrected chi connectivity index (χ3v) is 1.86. The Bertz CT molecular complexity index is 231. The van der Waals surface area contributed by atoms with E-state index in [1.165, 1.54) is 6.92 Å². The highest BCUT2D eigenvalue weighted by Crippen LogP contribution is 2.16. The fourth-order valence-corrected chi connectivity index (χ4v) is 1.22. The van der Waals surface area contributed by atoms with Crippen LogP contribution in [0.2, 0.25) is 0 Å². The largest absolute Gasteiger partial charge is 0.375 e. The molecule has 0 unspecified atom stereocenters. The first kappa shape index (κ1) is 18.5. The molecule has 0 atom stereocenters. The maximum absolute atomic E-state index is 10.9. The van der Waals surface area contributed by atoms with Crippen LogP contribution >= 0.6 is 0 Å². The summed E-state index contributed by atoms with van der Waals surface area (Å²) in [6, 6.07) is 0. The van der Waals surface area contributed by atoms with E-state index in [-0.39, 0.29) is 17.3 Å². The van der Waals surface area contributed by atoms with Crippen LogP contribution in [-0.4, -0.2) is 23.9 Å². The van der Waals surface area contributed by atoms with Crippen LogP contribution < -0.4 is 5.73 Å². The lowest BCUT2D eigenvalue weighted by molar-refractivity contribution is -0.123. The number of hydrogen-bond acceptors (Lipinski definition) is 3. The Morgan fingerprint density at radius 2 is 1.65 bits per heavy atom. The highest BCUT2D eigenvalue weighted by molar-refractivity contribution is 5.76. The predicted molar refractivity (Wildman–Crippen MR) is 69.7 cm³/mol. The topological polar surface area (TPSA) is 69.4 Å². The molecular weight excluding hydrogens is 218 g/mol. The molecule has 0 aliphatic heterocycles. The summed E-state index contributed by atoms with van der Waals surface area (Å²) < 4.78 is 5.63. The first-order chi connectivity index (χ1) is 7.57. The lowest BCUT2D eigenvalue weighted by atomic mass is 10.0. The fourth-order valence-electron chi connectivity index (χ4n) is 1.22. The van der Waals surface area contributed by atoms with Crippen LogP contribution in [0.5, 0.6) is 0 Å². The molecule has 0 aromatic rings. The molecule has 0 aromatic carbocycles. The third kappa shape index (κ3) is 21.0. The van der Waals surface area contributed by atoms with E-state index in [2.05, 4.69) is 19.6 Å². The van der Waals surface area contributed by atoms with Crippen LogP contribution in [0.1, 0.15) is 54.4 Å². The Kier molecular flexibility index (Phi) is 9.95. The van der Waals surface area contributed by atoms with E-state index in [0.717, 1.165) is 13.0 Å². The van der Waals surface area contributed by atoms with Gasteiger partial charge in [-0.1, -0.05) is 13.8 Å². The zero-order valence-electron chi connectivity index (χ0n) is 12.0. The van der Waals surface area contributed by atoms with Gasteiger partial charge in [-0.3, -0.25) is 9.59 Å². The zero-order valence-corrected chi connectivity index (χ0v) is 12.0. The SMILES string of the molecule is CC(=O)CC(C)(C)OCCC(C)C.CC(N)=O. The fraction of sp³-hybridized carbons (Fsp3) is 0.846. The standard InChI is InChI=1S/C11H22O2.C2H5NO/c1-9(2)6-7-13-11(4,5)8-10(3)12;1-2(3)4/h9H,6-8H2,1-5H3;1H3,(H2,3,4). The number of hydrogen-bond donors (Lipinski definition) is 1. The van der Waals surface area contributed by atoms with Gasteiger partial charge in [-0.15, -0.1) is 0 Å². The van der Waals surface area contributed by atoms with Crippen molar-refractivity contribution < 1.29 is 14.3 Å². The van der Waals surface area contributed by atoms with Gasteiger partial charge >= 0.3 is 0 Å². The minimum atomic E-state index is -0.333. The second-order valence-corrected chi connectivity index (χ2v) is 5.28. The summed E-state index contributed by atoms with van der Waals surface area (Å²) in [5, 5.41) is 0. The van der Waals surface area contributed by atoms with Crippen LogP contribution in [0.3, 0.4) is 0 Å². The maximum atomic E-state index is 10.9. The van der Waals surface area contributed by atoms with Crippen molar-refractivity contribution in [1.29, 1.82) is 0 Å². The highest BCUT2D eigenvalue weighted by atomic mass is 16.5. The first-order valence-corrected chi connectivity index (χ1v) is 5.96. The minimum absolute atomic E-state index is 0.189. The average molecular weight is 245 g/mol. The van der Waals surface area contributed by atoms with Crippen molar-refractivity contribution in [2.75, 3.05) is 6.61 Å². The molecule has 2 N–H and O–H groups in total. The summed E-state index contributed by atoms with van der Waals surface area (Å²) in [5.41, 5.74) is 4.18. The van der Waals surface area contributed by atoms with Crippen molar-refractivity contribution in [2.45, 2.75) is 60.0 Å². The van der Waals surface area contributed by atoms with Crippen molar-refractivity contribution >= 4 is 11.7 Å². The van der Waals surface area contributed by atoms with Crippen LogP contribution in [0, 0.1) is 5.92 Å². The predicted octanol–water partition coefficient (Wildman–Crippen LogP) is 2.30. The normalized spacial score (nSPS) is 10.8. The van der Waals surface area contributed by atoms with Gasteiger partial charge in [0.05, 0.1) is 5.60 Å². The molecule has 17 heavy (non-hydrogen) atoms. The minimum Gasteiger partial charge on any atom is -0.375 e. The van der Waals surface area contributed by atoms with Crippen molar-refractivity contribution in [3.05, 3.63) is 0 Å². The van der Waals surface area contributed by atoms with E-state index in [1.807, 2.05) is 13.8 Å². The summed E-state index contributed by atoms with van der Waals surface area (Å²) in [4.78, 5) is 20.1. The Morgan fingerprint density at radius 3 is 1.94 bits per heavy atom. The molecule has 0 heterocycles. The van der Waals surface area contributed by atoms with Crippen LogP contribution in [0.4, 0.5) is 0 Å². The number of rotatable bonds is 6. The molecule has 0 fully saturated rings. The molecule has 0 spiro atoms. The molecule has 0 saturated heterocycles. The molecule has 1 amide bonds. The molecule has 0 bridgehead atoms. The van der Waals surface area contributed by atoms with Gasteiger partial charge < -0.3 is 10.5 Å². The third-order valence-electron chi connectivity index (χ3n) is 1.86. The molecule has 0 radical (unpaired) electrons. The molecular formula is C13H27NO3. The lowest BCUT2D eigenvalue weighted by Gasteiger charge is -2.24. The van der Waals surface area contributed by atoms with Crippen molar-refractivity contribution in [3.63, 3.8) is 0 Å². The van der Waals surface area contributed by atoms with Gasteiger partial charge in [0.2, 0.25) is 5.91 Å². The number of carbonyl (C=O) groups excluding carboxylic acids is 2. The second-order valence-electron chi connectivity index (χ2n) is 5.28. The number of nitrogens with two attached hydrogens (primary N) is 1. The summed E-state index contributed by atoms with van der Waals surface area (Å²) in [5.74, 6) is 0.516. The summed E-state index contributed by atoms with van der Waals surface area (Å²) in [7, 11) is 0. The molecule has 0 aliphatic rings. The van der Waals surface area contributed by atoms with E-state index in [4.69, 9.17) is 4.74 Å². The Hall–Kier alpha value is -0.900. The molecule has 0 rings (SSSR count). The molecule has 4 nitrogen and oxygen atoms in total. The lowest BCUT2D eigenvalue weighted by Crippen LogP contribution is -2.28. The number of primary amides is 1. The number of amides is 1. The van der Waals surface area contributed by atoms with E-state index in [0.29, 0.717) is 12.3 Å². The van der Waals surface area contributed by atoms with Gasteiger partial charge in [0.25, 0.3) is 0 Å². The Morgan fingerprint density at radius 1 is 1.24 bits per heavy atom. The van der Waals surface area contributed by atoms with E-state index < -0.39 is 0 Å². The van der Waals surface area contributed by atoms with Crippen molar-refractivity contribution in [2.24, 2.45) is 11.7 Å². The van der Waals surface area contributed by atoms with Crippen molar-refractivity contribution in [3.8, 4) is 0 Å². The van der Waals surface area contributed by atoms with Gasteiger partial charge in [0, 0.05) is 20.0 Å². The monoisotopic (exact) mass is 245 g/mol. The smallest absolute Gasteiger partial charge is 0.214 e. The summed E-state index contributed by atoms with van der Waals surface area (Å²) in [6.07, 6.45) is 1.56. The van der Waals surface area contributed by atoms with Crippen LogP contribution in [-0.2, 0) is 14.3 Å². The number of ether oxygens (including phenoxy) is 1. The molecule has 4 heteroatoms. The molecule has 0 aliphatic carbocycles. The number of carbonyl (C=O) groups is 2. The molecule has 0 aromatic heterocycles. The zero-order chi connectivity index (χ0) is 14.1. The van der Waals surface area contributed by atoms with E-state index in [1.54, 1.807) is 6.92 Å². The summed E-state index contributed by atoms with van der Waals surface area (Å²) >= 11 is 0. The van der Waals surface area contributed by atoms with Gasteiger partial charge in [0.1, 0.15) is 5.78 Å². The first-order valence-electron chi connectivity index (χ1n) is 5.96. The summed E-state index contributed by atoms with van der Waals surface area (Å²) in [6.45, 7) is 11.9. The van der Waals surface area contributed by atoms with Gasteiger partial charge in [0.15, 0.2) is 0 Å². The van der Waals surface area contributed by atoms with E-state index in [9.17, 15) is 9.59 Å². The maximum Gasteiger partial charge on any atom is 0.214 e. The molecule has 0 saturated carbocycles. The van der Waals surface area contributed by atoms with Crippen LogP contribution in [0.25, 0.3) is 0 Å². The highest BCUT2D eigenvalue weighted by Gasteiger charge is 2.20. The second kappa shape index (κ2) is 9.16. The average Bonchev–Trinajstić information content (AvgIpc) is 1.97. The van der Waals surface area contributed by atoms with Gasteiger partial charge in [-0.05, 0) is 33.1 Å². The van der Waals surface area contributed by atoms with Gasteiger partial charge in [-0.25, -0.2) is 0 Å². The van der Waals surface area contributed by atoms with Crippen LogP contribution in [0.15, 0.2) is 0 Å². The Labute approximate surface area is 105 Å². The number of ketones is 1. The molecule has 102 valence electrons. The quantitative estimate of drug-likeness (QED) is 0.780. The Balaban J connectivity index is 0. The van der Waals surface area contributed by atoms with E-state index >= 15 is 0 Å². The van der Waals surface area contributed by atoms with Gasteiger partial charge in [-0.2, -0.15) is 0 Å².